The smallest absolute Gasteiger partial charge is 0.326 e. The lowest BCUT2D eigenvalue weighted by Crippen LogP contribution is -2.46. The van der Waals surface area contributed by atoms with Gasteiger partial charge < -0.3 is 15.7 Å². The fourth-order valence-electron chi connectivity index (χ4n) is 3.83. The quantitative estimate of drug-likeness (QED) is 0.394. The number of hydrogen-bond acceptors (Lipinski definition) is 3. The summed E-state index contributed by atoms with van der Waals surface area (Å²) in [5.74, 6) is -2.09. The average Bonchev–Trinajstić information content (AvgIpc) is 2.82. The first kappa shape index (κ1) is 21.1. The molecule has 3 N–H and O–H groups in total. The Balaban J connectivity index is 1.54. The molecule has 6 heteroatoms. The maximum absolute atomic E-state index is 12.4. The summed E-state index contributed by atoms with van der Waals surface area (Å²) in [5, 5.41) is 18.8. The van der Waals surface area contributed by atoms with Crippen LogP contribution in [0.1, 0.15) is 15.9 Å². The molecule has 0 saturated carbocycles. The maximum Gasteiger partial charge on any atom is 0.326 e. The number of carbonyl (C=O) groups is 3. The predicted molar refractivity (Wildman–Crippen MR) is 123 cm³/mol. The Morgan fingerprint density at radius 3 is 1.94 bits per heavy atom. The minimum atomic E-state index is -1.13. The molecule has 0 heterocycles. The summed E-state index contributed by atoms with van der Waals surface area (Å²) in [6, 6.07) is 25.0. The van der Waals surface area contributed by atoms with Crippen LogP contribution in [0.2, 0.25) is 0 Å². The van der Waals surface area contributed by atoms with Gasteiger partial charge in [-0.1, -0.05) is 66.7 Å². The summed E-state index contributed by atoms with van der Waals surface area (Å²) in [4.78, 5) is 36.5. The summed E-state index contributed by atoms with van der Waals surface area (Å²) in [7, 11) is 0. The number of carboxylic acid groups (broad SMARTS) is 1. The van der Waals surface area contributed by atoms with E-state index >= 15 is 0 Å². The number of amides is 2. The molecule has 0 saturated heterocycles. The number of carbonyl (C=O) groups excluding carboxylic acids is 2. The van der Waals surface area contributed by atoms with Crippen LogP contribution in [0.5, 0.6) is 0 Å². The van der Waals surface area contributed by atoms with Crippen molar-refractivity contribution in [1.29, 1.82) is 0 Å². The van der Waals surface area contributed by atoms with E-state index in [2.05, 4.69) is 16.7 Å². The van der Waals surface area contributed by atoms with Crippen molar-refractivity contribution in [2.45, 2.75) is 12.5 Å². The van der Waals surface area contributed by atoms with Gasteiger partial charge >= 0.3 is 5.97 Å². The molecule has 0 fully saturated rings. The summed E-state index contributed by atoms with van der Waals surface area (Å²) >= 11 is 0. The van der Waals surface area contributed by atoms with Gasteiger partial charge in [-0.25, -0.2) is 4.79 Å². The highest BCUT2D eigenvalue weighted by atomic mass is 16.4. The molecule has 4 rings (SSSR count). The second kappa shape index (κ2) is 9.31. The predicted octanol–water partition coefficient (Wildman–Crippen LogP) is 3.53. The molecule has 2 amide bonds. The summed E-state index contributed by atoms with van der Waals surface area (Å²) < 4.78 is 0. The Hall–Kier alpha value is -4.19. The molecular weight excluding hydrogens is 404 g/mol. The third-order valence-corrected chi connectivity index (χ3v) is 5.37. The van der Waals surface area contributed by atoms with Gasteiger partial charge in [0.25, 0.3) is 5.91 Å². The molecule has 160 valence electrons. The number of nitrogens with one attached hydrogen (secondary N) is 2. The van der Waals surface area contributed by atoms with Crippen molar-refractivity contribution >= 4 is 39.3 Å². The van der Waals surface area contributed by atoms with E-state index in [0.29, 0.717) is 5.56 Å². The topological polar surface area (TPSA) is 95.5 Å². The van der Waals surface area contributed by atoms with Crippen molar-refractivity contribution in [2.75, 3.05) is 6.54 Å². The van der Waals surface area contributed by atoms with E-state index in [-0.39, 0.29) is 13.0 Å². The first-order valence-electron chi connectivity index (χ1n) is 10.3. The number of benzene rings is 4. The van der Waals surface area contributed by atoms with Gasteiger partial charge in [-0.15, -0.1) is 0 Å². The van der Waals surface area contributed by atoms with Crippen LogP contribution in [0.3, 0.4) is 0 Å². The van der Waals surface area contributed by atoms with Gasteiger partial charge in [0.1, 0.15) is 6.04 Å². The van der Waals surface area contributed by atoms with Crippen molar-refractivity contribution in [1.82, 2.24) is 10.6 Å². The standard InChI is InChI=1S/C26H22N2O4/c29-24(16-27-25(30)17-8-2-1-3-9-17)28-23(26(31)32)15-22-20-12-6-4-10-18(20)14-19-11-5-7-13-21(19)22/h1-14,23H,15-16H2,(H,27,30)(H,28,29)(H,31,32)/t23-/m1/s1. The van der Waals surface area contributed by atoms with Gasteiger partial charge in [-0.3, -0.25) is 9.59 Å². The molecular formula is C26H22N2O4. The Labute approximate surface area is 184 Å². The van der Waals surface area contributed by atoms with Crippen LogP contribution < -0.4 is 10.6 Å². The number of hydrogen-bond donors (Lipinski definition) is 3. The van der Waals surface area contributed by atoms with E-state index < -0.39 is 23.8 Å². The summed E-state index contributed by atoms with van der Waals surface area (Å²) in [5.41, 5.74) is 1.29. The second-order valence-electron chi connectivity index (χ2n) is 7.51. The highest BCUT2D eigenvalue weighted by Gasteiger charge is 2.23. The van der Waals surface area contributed by atoms with Crippen molar-refractivity contribution in [3.05, 3.63) is 96.1 Å². The maximum atomic E-state index is 12.4. The average molecular weight is 426 g/mol. The Bertz CT molecular complexity index is 1250. The van der Waals surface area contributed by atoms with E-state index in [4.69, 9.17) is 0 Å². The summed E-state index contributed by atoms with van der Waals surface area (Å²) in [6.45, 7) is -0.312. The molecule has 0 radical (unpaired) electrons. The van der Waals surface area contributed by atoms with Gasteiger partial charge in [-0.05, 0) is 45.3 Å². The Morgan fingerprint density at radius 1 is 0.781 bits per heavy atom. The van der Waals surface area contributed by atoms with Crippen molar-refractivity contribution < 1.29 is 19.5 Å². The van der Waals surface area contributed by atoms with Crippen LogP contribution >= 0.6 is 0 Å². The van der Waals surface area contributed by atoms with E-state index in [0.717, 1.165) is 27.1 Å². The summed E-state index contributed by atoms with van der Waals surface area (Å²) in [6.07, 6.45) is 0.121. The van der Waals surface area contributed by atoms with Crippen LogP contribution in [0.4, 0.5) is 0 Å². The van der Waals surface area contributed by atoms with Crippen LogP contribution in [0.15, 0.2) is 84.9 Å². The number of aliphatic carboxylic acids is 1. The highest BCUT2D eigenvalue weighted by Crippen LogP contribution is 2.29. The molecule has 0 aromatic heterocycles. The van der Waals surface area contributed by atoms with Crippen LogP contribution in [0, 0.1) is 0 Å². The van der Waals surface area contributed by atoms with E-state index in [1.165, 1.54) is 0 Å². The second-order valence-corrected chi connectivity index (χ2v) is 7.51. The normalized spacial score (nSPS) is 11.8. The van der Waals surface area contributed by atoms with Crippen molar-refractivity contribution in [3.8, 4) is 0 Å². The van der Waals surface area contributed by atoms with Gasteiger partial charge in [0.05, 0.1) is 6.54 Å². The number of fused-ring (bicyclic) bond motifs is 2. The number of rotatable bonds is 7. The molecule has 1 atom stereocenters. The fraction of sp³-hybridized carbons (Fsp3) is 0.115. The molecule has 0 aliphatic rings. The van der Waals surface area contributed by atoms with Gasteiger partial charge in [0, 0.05) is 12.0 Å². The Kier molecular flexibility index (Phi) is 6.12. The first-order valence-corrected chi connectivity index (χ1v) is 10.3. The van der Waals surface area contributed by atoms with E-state index in [1.54, 1.807) is 30.3 Å². The SMILES string of the molecule is O=C(CNC(=O)c1ccccc1)N[C@H](Cc1c2ccccc2cc2ccccc12)C(=O)O. The zero-order chi connectivity index (χ0) is 22.5. The molecule has 0 aliphatic heterocycles. The monoisotopic (exact) mass is 426 g/mol. The first-order chi connectivity index (χ1) is 15.5. The molecule has 4 aromatic rings. The third kappa shape index (κ3) is 4.59. The Morgan fingerprint density at radius 2 is 1.34 bits per heavy atom. The van der Waals surface area contributed by atoms with Crippen molar-refractivity contribution in [2.24, 2.45) is 0 Å². The fourth-order valence-corrected chi connectivity index (χ4v) is 3.83. The molecule has 4 aromatic carbocycles. The van der Waals surface area contributed by atoms with E-state index in [1.807, 2.05) is 48.5 Å². The minimum absolute atomic E-state index is 0.121. The third-order valence-electron chi connectivity index (χ3n) is 5.37. The lowest BCUT2D eigenvalue weighted by atomic mass is 9.92. The van der Waals surface area contributed by atoms with E-state index in [9.17, 15) is 19.5 Å². The molecule has 6 nitrogen and oxygen atoms in total. The van der Waals surface area contributed by atoms with Crippen molar-refractivity contribution in [3.63, 3.8) is 0 Å². The van der Waals surface area contributed by atoms with Gasteiger partial charge in [-0.2, -0.15) is 0 Å². The molecule has 0 bridgehead atoms. The lowest BCUT2D eigenvalue weighted by molar-refractivity contribution is -0.141. The van der Waals surface area contributed by atoms with Crippen LogP contribution in [-0.4, -0.2) is 35.5 Å². The zero-order valence-corrected chi connectivity index (χ0v) is 17.2. The largest absolute Gasteiger partial charge is 0.480 e. The minimum Gasteiger partial charge on any atom is -0.480 e. The van der Waals surface area contributed by atoms with Crippen LogP contribution in [0.25, 0.3) is 21.5 Å². The molecule has 0 spiro atoms. The van der Waals surface area contributed by atoms with Crippen LogP contribution in [-0.2, 0) is 16.0 Å². The number of carboxylic acids is 1. The molecule has 0 unspecified atom stereocenters. The van der Waals surface area contributed by atoms with Gasteiger partial charge in [0.2, 0.25) is 5.91 Å². The van der Waals surface area contributed by atoms with Gasteiger partial charge in [0.15, 0.2) is 0 Å². The molecule has 0 aliphatic carbocycles. The highest BCUT2D eigenvalue weighted by molar-refractivity contribution is 6.03. The lowest BCUT2D eigenvalue weighted by Gasteiger charge is -2.18. The zero-order valence-electron chi connectivity index (χ0n) is 17.2. The molecule has 32 heavy (non-hydrogen) atoms.